The summed E-state index contributed by atoms with van der Waals surface area (Å²) >= 11 is 13.8. The van der Waals surface area contributed by atoms with Gasteiger partial charge in [-0.05, 0) is 112 Å². The lowest BCUT2D eigenvalue weighted by Gasteiger charge is -2.39. The van der Waals surface area contributed by atoms with Gasteiger partial charge in [0.05, 0.1) is 50.4 Å². The third-order valence-electron chi connectivity index (χ3n) is 13.8. The highest BCUT2D eigenvalue weighted by Gasteiger charge is 2.44. The Bertz CT molecular complexity index is 2270. The van der Waals surface area contributed by atoms with Crippen molar-refractivity contribution in [3.05, 3.63) is 58.6 Å². The summed E-state index contributed by atoms with van der Waals surface area (Å²) in [6, 6.07) is 17.6. The number of fused-ring (bicyclic) bond motifs is 2. The van der Waals surface area contributed by atoms with Crippen LogP contribution in [0.15, 0.2) is 53.7 Å². The molecule has 316 valence electrons. The van der Waals surface area contributed by atoms with Crippen LogP contribution in [0.1, 0.15) is 89.9 Å². The van der Waals surface area contributed by atoms with Crippen LogP contribution in [0.4, 0.5) is 23.0 Å². The summed E-state index contributed by atoms with van der Waals surface area (Å²) in [6.45, 7) is 2.97. The number of halogens is 2. The van der Waals surface area contributed by atoms with Gasteiger partial charge in [0.25, 0.3) is 0 Å². The van der Waals surface area contributed by atoms with Gasteiger partial charge in [0, 0.05) is 48.8 Å². The Hall–Kier alpha value is -4.86. The molecule has 4 aromatic rings. The average molecular weight is 853 g/mol. The molecule has 60 heavy (non-hydrogen) atoms. The van der Waals surface area contributed by atoms with Gasteiger partial charge >= 0.3 is 0 Å². The van der Waals surface area contributed by atoms with Gasteiger partial charge in [-0.25, -0.2) is 9.97 Å². The number of amides is 2. The van der Waals surface area contributed by atoms with E-state index >= 15 is 9.59 Å². The van der Waals surface area contributed by atoms with Crippen LogP contribution in [-0.2, 0) is 9.59 Å². The number of oxime groups is 1. The second kappa shape index (κ2) is 18.8. The molecule has 2 amide bonds. The highest BCUT2D eigenvalue weighted by atomic mass is 35.5. The maximum atomic E-state index is 15.1. The van der Waals surface area contributed by atoms with Crippen LogP contribution >= 0.6 is 23.2 Å². The summed E-state index contributed by atoms with van der Waals surface area (Å²) in [5.41, 5.74) is 8.34. The number of nitriles is 1. The Morgan fingerprint density at radius 3 is 1.53 bits per heavy atom. The largest absolute Gasteiger partial charge is 0.409 e. The van der Waals surface area contributed by atoms with E-state index in [2.05, 4.69) is 31.7 Å². The van der Waals surface area contributed by atoms with Crippen LogP contribution < -0.4 is 26.2 Å². The molecule has 5 N–H and O–H groups in total. The Balaban J connectivity index is 1.09. The van der Waals surface area contributed by atoms with Crippen molar-refractivity contribution in [3.63, 3.8) is 0 Å². The monoisotopic (exact) mass is 851 g/mol. The molecule has 14 heteroatoms. The number of rotatable bonds is 10. The molecule has 2 aliphatic heterocycles. The summed E-state index contributed by atoms with van der Waals surface area (Å²) in [6.07, 6.45) is 12.9. The van der Waals surface area contributed by atoms with Crippen LogP contribution in [-0.4, -0.2) is 59.0 Å². The maximum Gasteiger partial charge on any atom is 0.228 e. The summed E-state index contributed by atoms with van der Waals surface area (Å²) in [7, 11) is 0. The van der Waals surface area contributed by atoms with Gasteiger partial charge in [-0.2, -0.15) is 5.26 Å². The van der Waals surface area contributed by atoms with E-state index in [4.69, 9.17) is 44.1 Å². The molecule has 0 bridgehead atoms. The fourth-order valence-corrected chi connectivity index (χ4v) is 10.8. The number of carbonyl (C=O) groups is 2. The topological polar surface area (TPSA) is 173 Å². The van der Waals surface area contributed by atoms with Crippen molar-refractivity contribution in [3.8, 4) is 6.07 Å². The zero-order chi connectivity index (χ0) is 41.8. The number of benzene rings is 2. The lowest BCUT2D eigenvalue weighted by Crippen LogP contribution is -2.45. The van der Waals surface area contributed by atoms with Gasteiger partial charge in [-0.1, -0.05) is 66.9 Å². The molecular weight excluding hydrogens is 797 g/mol. The predicted octanol–water partition coefficient (Wildman–Crippen LogP) is 9.76. The molecule has 8 rings (SSSR count). The Kier molecular flexibility index (Phi) is 13.1. The fraction of sp³-hybridized carbons (Fsp3) is 0.522. The van der Waals surface area contributed by atoms with E-state index < -0.39 is 11.8 Å². The van der Waals surface area contributed by atoms with Crippen molar-refractivity contribution < 1.29 is 14.8 Å². The summed E-state index contributed by atoms with van der Waals surface area (Å²) in [4.78, 5) is 44.6. The number of nitrogens with zero attached hydrogens (tertiary/aromatic N) is 6. The highest BCUT2D eigenvalue weighted by molar-refractivity contribution is 6.36. The summed E-state index contributed by atoms with van der Waals surface area (Å²) < 4.78 is 0. The molecule has 4 fully saturated rings. The first-order valence-corrected chi connectivity index (χ1v) is 22.6. The van der Waals surface area contributed by atoms with Crippen LogP contribution in [0, 0.1) is 46.8 Å². The molecule has 4 heterocycles. The number of carbonyl (C=O) groups excluding carboxylic acids is 2. The van der Waals surface area contributed by atoms with Gasteiger partial charge < -0.3 is 31.4 Å². The van der Waals surface area contributed by atoms with Gasteiger partial charge in [-0.3, -0.25) is 9.59 Å². The lowest BCUT2D eigenvalue weighted by atomic mass is 9.66. The number of anilines is 4. The number of aromatic nitrogens is 2. The minimum atomic E-state index is -0.585. The number of amidine groups is 1. The SMILES string of the molecule is N#CC1CCN(c2ccc3c(NC(=O)C(C4CCCCC4)C(C(=O)Nc4c(Cl)ccc5nc(N6CCC(C(N)=NO)CC6)ccc45)C4CCCCC4)c(Cl)ccc3n2)CC1. The fourth-order valence-electron chi connectivity index (χ4n) is 10.4. The third kappa shape index (κ3) is 8.94. The number of nitrogens with one attached hydrogen (secondary N) is 2. The van der Waals surface area contributed by atoms with Gasteiger partial charge in [0.15, 0.2) is 0 Å². The first-order valence-electron chi connectivity index (χ1n) is 21.9. The van der Waals surface area contributed by atoms with Crippen molar-refractivity contribution in [2.45, 2.75) is 89.9 Å². The van der Waals surface area contributed by atoms with E-state index in [1.54, 1.807) is 12.1 Å². The van der Waals surface area contributed by atoms with Crippen LogP contribution in [0.5, 0.6) is 0 Å². The van der Waals surface area contributed by atoms with Gasteiger partial charge in [0.2, 0.25) is 11.8 Å². The Morgan fingerprint density at radius 2 is 1.12 bits per heavy atom. The van der Waals surface area contributed by atoms with E-state index in [0.29, 0.717) is 26.9 Å². The van der Waals surface area contributed by atoms with Crippen LogP contribution in [0.25, 0.3) is 21.8 Å². The first kappa shape index (κ1) is 41.9. The summed E-state index contributed by atoms with van der Waals surface area (Å²) in [5, 5.41) is 30.6. The van der Waals surface area contributed by atoms with Crippen LogP contribution in [0.3, 0.4) is 0 Å². The average Bonchev–Trinajstić information content (AvgIpc) is 3.30. The van der Waals surface area contributed by atoms with Crippen molar-refractivity contribution in [2.75, 3.05) is 46.6 Å². The number of hydrogen-bond donors (Lipinski definition) is 4. The van der Waals surface area contributed by atoms with E-state index in [9.17, 15) is 5.26 Å². The van der Waals surface area contributed by atoms with E-state index in [1.165, 1.54) is 0 Å². The number of hydrogen-bond acceptors (Lipinski definition) is 9. The van der Waals surface area contributed by atoms with Gasteiger partial charge in [0.1, 0.15) is 17.5 Å². The lowest BCUT2D eigenvalue weighted by molar-refractivity contribution is -0.134. The van der Waals surface area contributed by atoms with E-state index in [0.717, 1.165) is 144 Å². The molecule has 2 saturated carbocycles. The van der Waals surface area contributed by atoms with Crippen LogP contribution in [0.2, 0.25) is 10.0 Å². The third-order valence-corrected chi connectivity index (χ3v) is 14.4. The molecule has 2 saturated heterocycles. The number of pyridine rings is 2. The molecule has 0 spiro atoms. The quantitative estimate of drug-likeness (QED) is 0.0524. The van der Waals surface area contributed by atoms with Crippen molar-refractivity contribution in [1.29, 1.82) is 5.26 Å². The molecule has 2 atom stereocenters. The second-order valence-electron chi connectivity index (χ2n) is 17.3. The molecular formula is C46H55Cl2N9O3. The molecule has 4 aliphatic rings. The van der Waals surface area contributed by atoms with E-state index in [1.807, 2.05) is 36.4 Å². The Labute approximate surface area is 361 Å². The second-order valence-corrected chi connectivity index (χ2v) is 18.1. The predicted molar refractivity (Wildman–Crippen MR) is 240 cm³/mol. The smallest absolute Gasteiger partial charge is 0.228 e. The minimum Gasteiger partial charge on any atom is -0.409 e. The maximum absolute atomic E-state index is 15.1. The normalized spacial score (nSPS) is 20.2. The molecule has 2 unspecified atom stereocenters. The van der Waals surface area contributed by atoms with Gasteiger partial charge in [-0.15, -0.1) is 0 Å². The minimum absolute atomic E-state index is 0.0279. The standard InChI is InChI=1S/C46H55Cl2N9O3/c47-34-13-15-36-32(11-17-38(51-36)56-23-19-28(27-49)20-24-56)42(34)53-45(58)40(29-7-3-1-4-8-29)41(30-9-5-2-6-10-30)46(59)54-43-33-12-18-39(52-37(33)16-14-35(43)48)57-25-21-31(22-26-57)44(50)55-60/h11-18,28-31,40-41,60H,1-10,19-26H2,(H2,50,55)(H,53,58)(H,54,59). The zero-order valence-electron chi connectivity index (χ0n) is 34.1. The number of nitrogens with two attached hydrogens (primary N) is 1. The summed E-state index contributed by atoms with van der Waals surface area (Å²) in [5.74, 6) is 0.535. The zero-order valence-corrected chi connectivity index (χ0v) is 35.6. The van der Waals surface area contributed by atoms with Crippen molar-refractivity contribution in [1.82, 2.24) is 9.97 Å². The molecule has 2 aromatic carbocycles. The van der Waals surface area contributed by atoms with E-state index in [-0.39, 0.29) is 41.3 Å². The molecule has 12 nitrogen and oxygen atoms in total. The van der Waals surface area contributed by atoms with Crippen molar-refractivity contribution in [2.24, 2.45) is 46.4 Å². The highest BCUT2D eigenvalue weighted by Crippen LogP contribution is 2.44. The van der Waals surface area contributed by atoms with Crippen molar-refractivity contribution >= 4 is 85.7 Å². The Morgan fingerprint density at radius 1 is 0.683 bits per heavy atom. The molecule has 2 aromatic heterocycles. The first-order chi connectivity index (χ1) is 29.2. The molecule has 0 radical (unpaired) electrons. The molecule has 2 aliphatic carbocycles. The number of piperidine rings is 2.